The van der Waals surface area contributed by atoms with Crippen molar-refractivity contribution in [2.24, 2.45) is 11.7 Å². The molecule has 3 N–H and O–H groups in total. The Morgan fingerprint density at radius 1 is 1.39 bits per heavy atom. The van der Waals surface area contributed by atoms with Crippen molar-refractivity contribution in [2.75, 3.05) is 26.2 Å². The van der Waals surface area contributed by atoms with Gasteiger partial charge in [0.2, 0.25) is 5.91 Å². The zero-order chi connectivity index (χ0) is 16.2. The van der Waals surface area contributed by atoms with E-state index in [0.29, 0.717) is 18.7 Å². The van der Waals surface area contributed by atoms with Gasteiger partial charge in [0.1, 0.15) is 5.65 Å². The lowest BCUT2D eigenvalue weighted by Gasteiger charge is -2.31. The first kappa shape index (κ1) is 15.5. The smallest absolute Gasteiger partial charge is 0.252 e. The minimum atomic E-state index is -0.229. The van der Waals surface area contributed by atoms with Crippen molar-refractivity contribution in [1.29, 1.82) is 0 Å². The molecule has 1 fully saturated rings. The van der Waals surface area contributed by atoms with Gasteiger partial charge in [0.05, 0.1) is 11.5 Å². The normalized spacial score (nSPS) is 18.9. The molecule has 0 spiro atoms. The van der Waals surface area contributed by atoms with E-state index in [0.717, 1.165) is 31.6 Å². The van der Waals surface area contributed by atoms with Crippen LogP contribution in [0.1, 0.15) is 23.2 Å². The SMILES string of the molecule is NC(=O)C1CCCN(CCNC(=O)c2ccc3nccn3c2)C1. The molecule has 0 saturated carbocycles. The third-order valence-electron chi connectivity index (χ3n) is 4.27. The third-order valence-corrected chi connectivity index (χ3v) is 4.27. The maximum Gasteiger partial charge on any atom is 0.252 e. The third kappa shape index (κ3) is 3.68. The number of nitrogens with two attached hydrogens (primary N) is 1. The van der Waals surface area contributed by atoms with E-state index in [9.17, 15) is 9.59 Å². The Kier molecular flexibility index (Phi) is 4.57. The molecule has 122 valence electrons. The van der Waals surface area contributed by atoms with Crippen LogP contribution in [0.5, 0.6) is 0 Å². The lowest BCUT2D eigenvalue weighted by Crippen LogP contribution is -2.44. The van der Waals surface area contributed by atoms with E-state index < -0.39 is 0 Å². The summed E-state index contributed by atoms with van der Waals surface area (Å²) >= 11 is 0. The van der Waals surface area contributed by atoms with Gasteiger partial charge < -0.3 is 20.4 Å². The van der Waals surface area contributed by atoms with Gasteiger partial charge in [0, 0.05) is 38.2 Å². The van der Waals surface area contributed by atoms with Gasteiger partial charge in [0.15, 0.2) is 0 Å². The summed E-state index contributed by atoms with van der Waals surface area (Å²) < 4.78 is 1.82. The molecule has 1 aliphatic heterocycles. The summed E-state index contributed by atoms with van der Waals surface area (Å²) in [6.07, 6.45) is 7.11. The van der Waals surface area contributed by atoms with Crippen molar-refractivity contribution in [3.8, 4) is 0 Å². The average molecular weight is 315 g/mol. The Bertz CT molecular complexity index is 711. The molecule has 1 aliphatic rings. The predicted molar refractivity (Wildman–Crippen MR) is 85.9 cm³/mol. The summed E-state index contributed by atoms with van der Waals surface area (Å²) in [4.78, 5) is 29.8. The van der Waals surface area contributed by atoms with Crippen LogP contribution in [0.25, 0.3) is 5.65 Å². The van der Waals surface area contributed by atoms with E-state index in [2.05, 4.69) is 15.2 Å². The van der Waals surface area contributed by atoms with Gasteiger partial charge in [-0.15, -0.1) is 0 Å². The van der Waals surface area contributed by atoms with Crippen molar-refractivity contribution in [2.45, 2.75) is 12.8 Å². The second-order valence-corrected chi connectivity index (χ2v) is 5.91. The highest BCUT2D eigenvalue weighted by atomic mass is 16.2. The number of aromatic nitrogens is 2. The van der Waals surface area contributed by atoms with Gasteiger partial charge in [-0.05, 0) is 31.5 Å². The zero-order valence-electron chi connectivity index (χ0n) is 12.9. The van der Waals surface area contributed by atoms with Crippen molar-refractivity contribution in [3.63, 3.8) is 0 Å². The Morgan fingerprint density at radius 3 is 3.09 bits per heavy atom. The molecular formula is C16H21N5O2. The van der Waals surface area contributed by atoms with Crippen LogP contribution in [0, 0.1) is 5.92 Å². The van der Waals surface area contributed by atoms with Crippen molar-refractivity contribution < 1.29 is 9.59 Å². The Morgan fingerprint density at radius 2 is 2.26 bits per heavy atom. The van der Waals surface area contributed by atoms with Crippen LogP contribution >= 0.6 is 0 Å². The van der Waals surface area contributed by atoms with Crippen LogP contribution in [-0.4, -0.2) is 52.3 Å². The summed E-state index contributed by atoms with van der Waals surface area (Å²) in [5, 5.41) is 2.92. The number of rotatable bonds is 5. The number of hydrogen-bond donors (Lipinski definition) is 2. The molecule has 2 amide bonds. The fourth-order valence-electron chi connectivity index (χ4n) is 2.97. The highest BCUT2D eigenvalue weighted by Crippen LogP contribution is 2.15. The maximum atomic E-state index is 12.2. The lowest BCUT2D eigenvalue weighted by molar-refractivity contribution is -0.123. The molecule has 7 nitrogen and oxygen atoms in total. The van der Waals surface area contributed by atoms with Gasteiger partial charge in [-0.2, -0.15) is 0 Å². The molecule has 3 rings (SSSR count). The van der Waals surface area contributed by atoms with E-state index >= 15 is 0 Å². The number of piperidine rings is 1. The van der Waals surface area contributed by atoms with Crippen LogP contribution in [0.4, 0.5) is 0 Å². The highest BCUT2D eigenvalue weighted by molar-refractivity contribution is 5.94. The van der Waals surface area contributed by atoms with Gasteiger partial charge in [-0.1, -0.05) is 0 Å². The fourth-order valence-corrected chi connectivity index (χ4v) is 2.97. The summed E-state index contributed by atoms with van der Waals surface area (Å²) in [5.41, 5.74) is 6.79. The molecular weight excluding hydrogens is 294 g/mol. The number of imidazole rings is 1. The van der Waals surface area contributed by atoms with Crippen molar-refractivity contribution in [3.05, 3.63) is 36.3 Å². The number of primary amides is 1. The number of carbonyl (C=O) groups excluding carboxylic acids is 2. The number of likely N-dealkylation sites (tertiary alicyclic amines) is 1. The first-order valence-corrected chi connectivity index (χ1v) is 7.86. The molecule has 0 radical (unpaired) electrons. The minimum Gasteiger partial charge on any atom is -0.369 e. The number of nitrogens with zero attached hydrogens (tertiary/aromatic N) is 3. The molecule has 1 unspecified atom stereocenters. The lowest BCUT2D eigenvalue weighted by atomic mass is 9.97. The number of pyridine rings is 1. The second-order valence-electron chi connectivity index (χ2n) is 5.91. The quantitative estimate of drug-likeness (QED) is 0.828. The molecule has 0 bridgehead atoms. The molecule has 2 aromatic heterocycles. The summed E-state index contributed by atoms with van der Waals surface area (Å²) in [6.45, 7) is 2.90. The minimum absolute atomic E-state index is 0.0666. The van der Waals surface area contributed by atoms with E-state index in [1.165, 1.54) is 0 Å². The Hall–Kier alpha value is -2.41. The van der Waals surface area contributed by atoms with Crippen LogP contribution in [0.2, 0.25) is 0 Å². The fraction of sp³-hybridized carbons (Fsp3) is 0.438. The molecule has 0 aromatic carbocycles. The summed E-state index contributed by atoms with van der Waals surface area (Å²) in [6, 6.07) is 3.58. The number of amides is 2. The zero-order valence-corrected chi connectivity index (χ0v) is 12.9. The van der Waals surface area contributed by atoms with Crippen LogP contribution in [-0.2, 0) is 4.79 Å². The van der Waals surface area contributed by atoms with E-state index in [-0.39, 0.29) is 17.7 Å². The number of fused-ring (bicyclic) bond motifs is 1. The Labute approximate surface area is 134 Å². The summed E-state index contributed by atoms with van der Waals surface area (Å²) in [5.74, 6) is -0.403. The van der Waals surface area contributed by atoms with Crippen LogP contribution in [0.3, 0.4) is 0 Å². The van der Waals surface area contributed by atoms with Gasteiger partial charge in [-0.3, -0.25) is 9.59 Å². The molecule has 1 saturated heterocycles. The van der Waals surface area contributed by atoms with Gasteiger partial charge >= 0.3 is 0 Å². The summed E-state index contributed by atoms with van der Waals surface area (Å²) in [7, 11) is 0. The number of hydrogen-bond acceptors (Lipinski definition) is 4. The van der Waals surface area contributed by atoms with Gasteiger partial charge in [0.25, 0.3) is 5.91 Å². The molecule has 23 heavy (non-hydrogen) atoms. The molecule has 0 aliphatic carbocycles. The number of carbonyl (C=O) groups is 2. The monoisotopic (exact) mass is 315 g/mol. The van der Waals surface area contributed by atoms with Crippen molar-refractivity contribution in [1.82, 2.24) is 19.6 Å². The van der Waals surface area contributed by atoms with E-state index in [1.54, 1.807) is 18.5 Å². The standard InChI is InChI=1S/C16H21N5O2/c17-15(22)12-2-1-7-20(10-12)8-5-19-16(23)13-3-4-14-18-6-9-21(14)11-13/h3-4,6,9,11-12H,1-2,5,7-8,10H2,(H2,17,22)(H,19,23). The molecule has 7 heteroatoms. The first-order valence-electron chi connectivity index (χ1n) is 7.86. The first-order chi connectivity index (χ1) is 11.1. The van der Waals surface area contributed by atoms with Crippen molar-refractivity contribution >= 4 is 17.5 Å². The molecule has 1 atom stereocenters. The van der Waals surface area contributed by atoms with Crippen LogP contribution in [0.15, 0.2) is 30.7 Å². The van der Waals surface area contributed by atoms with E-state index in [4.69, 9.17) is 5.73 Å². The van der Waals surface area contributed by atoms with Gasteiger partial charge in [-0.25, -0.2) is 4.98 Å². The maximum absolute atomic E-state index is 12.2. The second kappa shape index (κ2) is 6.78. The van der Waals surface area contributed by atoms with Crippen LogP contribution < -0.4 is 11.1 Å². The van der Waals surface area contributed by atoms with E-state index in [1.807, 2.05) is 16.7 Å². The predicted octanol–water partition coefficient (Wildman–Crippen LogP) is 0.261. The largest absolute Gasteiger partial charge is 0.369 e. The highest BCUT2D eigenvalue weighted by Gasteiger charge is 2.23. The number of nitrogens with one attached hydrogen (secondary N) is 1. The topological polar surface area (TPSA) is 92.7 Å². The molecule has 2 aromatic rings. The Balaban J connectivity index is 1.50. The molecule has 3 heterocycles. The average Bonchev–Trinajstić information content (AvgIpc) is 3.02.